The molecule has 1 saturated heterocycles. The third-order valence-corrected chi connectivity index (χ3v) is 6.16. The highest BCUT2D eigenvalue weighted by molar-refractivity contribution is 5.91. The van der Waals surface area contributed by atoms with E-state index in [4.69, 9.17) is 9.47 Å². The van der Waals surface area contributed by atoms with E-state index >= 15 is 0 Å². The SMILES string of the molecule is Cc1cc(-c2nc(C#N)nc3c2ccn3C)cnc1OCCC1CCN(C(=O)OC(C)(C)C)CC1. The summed E-state index contributed by atoms with van der Waals surface area (Å²) in [6, 6.07) is 5.97. The first-order valence-electron chi connectivity index (χ1n) is 12.0. The fourth-order valence-electron chi connectivity index (χ4n) is 4.30. The van der Waals surface area contributed by atoms with Crippen LogP contribution in [0, 0.1) is 24.2 Å². The first-order chi connectivity index (χ1) is 16.6. The van der Waals surface area contributed by atoms with E-state index in [1.807, 2.05) is 63.7 Å². The molecule has 35 heavy (non-hydrogen) atoms. The average Bonchev–Trinajstić information content (AvgIpc) is 3.19. The summed E-state index contributed by atoms with van der Waals surface area (Å²) >= 11 is 0. The maximum absolute atomic E-state index is 12.2. The van der Waals surface area contributed by atoms with Gasteiger partial charge in [0.15, 0.2) is 0 Å². The molecule has 1 aliphatic rings. The largest absolute Gasteiger partial charge is 0.477 e. The molecule has 1 amide bonds. The van der Waals surface area contributed by atoms with Crippen molar-refractivity contribution in [1.29, 1.82) is 5.26 Å². The molecule has 0 atom stereocenters. The average molecular weight is 477 g/mol. The highest BCUT2D eigenvalue weighted by Crippen LogP contribution is 2.29. The van der Waals surface area contributed by atoms with Gasteiger partial charge in [-0.2, -0.15) is 5.26 Å². The van der Waals surface area contributed by atoms with E-state index in [2.05, 4.69) is 15.0 Å². The summed E-state index contributed by atoms with van der Waals surface area (Å²) in [5.41, 5.74) is 2.65. The second-order valence-electron chi connectivity index (χ2n) is 10.1. The van der Waals surface area contributed by atoms with Crippen molar-refractivity contribution in [3.8, 4) is 23.2 Å². The van der Waals surface area contributed by atoms with Crippen LogP contribution in [0.15, 0.2) is 24.5 Å². The Kier molecular flexibility index (Phi) is 6.92. The van der Waals surface area contributed by atoms with Gasteiger partial charge in [0.05, 0.1) is 12.3 Å². The van der Waals surface area contributed by atoms with E-state index < -0.39 is 5.60 Å². The third-order valence-electron chi connectivity index (χ3n) is 6.16. The summed E-state index contributed by atoms with van der Waals surface area (Å²) in [4.78, 5) is 27.3. The number of piperidine rings is 1. The van der Waals surface area contributed by atoms with Gasteiger partial charge in [0.2, 0.25) is 11.7 Å². The van der Waals surface area contributed by atoms with Crippen LogP contribution in [-0.2, 0) is 11.8 Å². The van der Waals surface area contributed by atoms with Gasteiger partial charge in [0.1, 0.15) is 17.3 Å². The molecule has 0 aromatic carbocycles. The van der Waals surface area contributed by atoms with E-state index in [1.165, 1.54) is 0 Å². The van der Waals surface area contributed by atoms with Crippen molar-refractivity contribution in [3.05, 3.63) is 35.9 Å². The lowest BCUT2D eigenvalue weighted by Gasteiger charge is -2.33. The normalized spacial score (nSPS) is 14.7. The number of hydrogen-bond donors (Lipinski definition) is 0. The predicted molar refractivity (Wildman–Crippen MR) is 132 cm³/mol. The van der Waals surface area contributed by atoms with Gasteiger partial charge in [-0.1, -0.05) is 0 Å². The van der Waals surface area contributed by atoms with Gasteiger partial charge in [0, 0.05) is 49.0 Å². The van der Waals surface area contributed by atoms with Crippen LogP contribution in [0.4, 0.5) is 4.79 Å². The van der Waals surface area contributed by atoms with Gasteiger partial charge in [-0.15, -0.1) is 0 Å². The number of pyridine rings is 1. The summed E-state index contributed by atoms with van der Waals surface area (Å²) in [6.07, 6.45) is 6.20. The van der Waals surface area contributed by atoms with Gasteiger partial charge >= 0.3 is 6.09 Å². The van der Waals surface area contributed by atoms with E-state index in [1.54, 1.807) is 11.1 Å². The van der Waals surface area contributed by atoms with Crippen molar-refractivity contribution >= 4 is 17.1 Å². The zero-order valence-corrected chi connectivity index (χ0v) is 21.0. The molecule has 1 fully saturated rings. The zero-order valence-electron chi connectivity index (χ0n) is 21.0. The monoisotopic (exact) mass is 476 g/mol. The van der Waals surface area contributed by atoms with E-state index in [0.29, 0.717) is 42.8 Å². The highest BCUT2D eigenvalue weighted by Gasteiger charge is 2.26. The number of fused-ring (bicyclic) bond motifs is 1. The molecule has 0 spiro atoms. The van der Waals surface area contributed by atoms with Crippen LogP contribution in [0.3, 0.4) is 0 Å². The Morgan fingerprint density at radius 3 is 2.66 bits per heavy atom. The first-order valence-corrected chi connectivity index (χ1v) is 12.0. The molecule has 0 radical (unpaired) electrons. The summed E-state index contributed by atoms with van der Waals surface area (Å²) in [6.45, 7) is 9.61. The molecular weight excluding hydrogens is 444 g/mol. The second-order valence-corrected chi connectivity index (χ2v) is 10.1. The Balaban J connectivity index is 1.35. The fraction of sp³-hybridized carbons (Fsp3) is 0.500. The molecule has 0 unspecified atom stereocenters. The minimum absolute atomic E-state index is 0.130. The van der Waals surface area contributed by atoms with E-state index in [0.717, 1.165) is 35.8 Å². The lowest BCUT2D eigenvalue weighted by atomic mass is 9.94. The van der Waals surface area contributed by atoms with Gasteiger partial charge in [0.25, 0.3) is 0 Å². The molecule has 9 heteroatoms. The van der Waals surface area contributed by atoms with Gasteiger partial charge in [-0.25, -0.2) is 19.7 Å². The quantitative estimate of drug-likeness (QED) is 0.529. The van der Waals surface area contributed by atoms with Gasteiger partial charge in [-0.05, 0) is 65.0 Å². The minimum atomic E-state index is -0.471. The summed E-state index contributed by atoms with van der Waals surface area (Å²) in [7, 11) is 1.89. The van der Waals surface area contributed by atoms with Crippen LogP contribution in [0.2, 0.25) is 0 Å². The Bertz CT molecular complexity index is 1260. The highest BCUT2D eigenvalue weighted by atomic mass is 16.6. The number of carbonyl (C=O) groups is 1. The molecule has 3 aromatic rings. The maximum Gasteiger partial charge on any atom is 0.410 e. The van der Waals surface area contributed by atoms with Crippen LogP contribution >= 0.6 is 0 Å². The van der Waals surface area contributed by atoms with Crippen LogP contribution in [0.25, 0.3) is 22.3 Å². The van der Waals surface area contributed by atoms with Crippen molar-refractivity contribution < 1.29 is 14.3 Å². The number of aryl methyl sites for hydroxylation is 2. The Labute approximate surface area is 205 Å². The molecule has 184 valence electrons. The number of nitrogens with zero attached hydrogens (tertiary/aromatic N) is 6. The van der Waals surface area contributed by atoms with Crippen LogP contribution in [0.1, 0.15) is 51.4 Å². The fourth-order valence-corrected chi connectivity index (χ4v) is 4.30. The Morgan fingerprint density at radius 2 is 2.00 bits per heavy atom. The number of likely N-dealkylation sites (tertiary alicyclic amines) is 1. The van der Waals surface area contributed by atoms with Crippen molar-refractivity contribution in [2.45, 2.75) is 52.6 Å². The molecule has 0 aliphatic carbocycles. The van der Waals surface area contributed by atoms with E-state index in [9.17, 15) is 10.1 Å². The van der Waals surface area contributed by atoms with Crippen molar-refractivity contribution in [2.24, 2.45) is 13.0 Å². The number of aromatic nitrogens is 4. The van der Waals surface area contributed by atoms with E-state index in [-0.39, 0.29) is 11.9 Å². The number of carbonyl (C=O) groups excluding carboxylic acids is 1. The van der Waals surface area contributed by atoms with Crippen molar-refractivity contribution in [1.82, 2.24) is 24.4 Å². The third kappa shape index (κ3) is 5.70. The number of ether oxygens (including phenoxy) is 2. The van der Waals surface area contributed by atoms with Crippen molar-refractivity contribution in [2.75, 3.05) is 19.7 Å². The number of hydrogen-bond acceptors (Lipinski definition) is 7. The Morgan fingerprint density at radius 1 is 1.26 bits per heavy atom. The molecule has 1 aliphatic heterocycles. The minimum Gasteiger partial charge on any atom is -0.477 e. The zero-order chi connectivity index (χ0) is 25.2. The number of nitriles is 1. The van der Waals surface area contributed by atoms with Crippen LogP contribution < -0.4 is 4.74 Å². The number of rotatable bonds is 5. The maximum atomic E-state index is 12.2. The first kappa shape index (κ1) is 24.5. The molecule has 9 nitrogen and oxygen atoms in total. The molecule has 0 bridgehead atoms. The summed E-state index contributed by atoms with van der Waals surface area (Å²) < 4.78 is 13.3. The van der Waals surface area contributed by atoms with Crippen molar-refractivity contribution in [3.63, 3.8) is 0 Å². The molecular formula is C26H32N6O3. The second kappa shape index (κ2) is 9.90. The summed E-state index contributed by atoms with van der Waals surface area (Å²) in [5.74, 6) is 1.23. The summed E-state index contributed by atoms with van der Waals surface area (Å²) in [5, 5.41) is 10.2. The smallest absolute Gasteiger partial charge is 0.410 e. The lowest BCUT2D eigenvalue weighted by Crippen LogP contribution is -2.41. The topological polar surface area (TPSA) is 106 Å². The number of amides is 1. The molecule has 4 rings (SSSR count). The lowest BCUT2D eigenvalue weighted by molar-refractivity contribution is 0.0177. The predicted octanol–water partition coefficient (Wildman–Crippen LogP) is 4.63. The molecule has 3 aromatic heterocycles. The Hall–Kier alpha value is -3.67. The van der Waals surface area contributed by atoms with Crippen LogP contribution in [-0.4, -0.2) is 55.8 Å². The molecule has 4 heterocycles. The van der Waals surface area contributed by atoms with Crippen LogP contribution in [0.5, 0.6) is 5.88 Å². The molecule has 0 N–H and O–H groups in total. The standard InChI is InChI=1S/C26H32N6O3/c1-17-14-19(22-20-8-10-31(5)23(20)30-21(15-27)29-22)16-28-24(17)34-13-9-18-6-11-32(12-7-18)25(33)35-26(2,3)4/h8,10,14,16,18H,6-7,9,11-13H2,1-5H3. The molecule has 0 saturated carbocycles. The van der Waals surface area contributed by atoms with Gasteiger partial charge < -0.3 is 18.9 Å². The van der Waals surface area contributed by atoms with Gasteiger partial charge in [-0.3, -0.25) is 0 Å².